The second-order valence-corrected chi connectivity index (χ2v) is 6.78. The number of nitrogens with zero attached hydrogens (tertiary/aromatic N) is 1. The van der Waals surface area contributed by atoms with Gasteiger partial charge in [-0.2, -0.15) is 0 Å². The summed E-state index contributed by atoms with van der Waals surface area (Å²) in [5.74, 6) is 0.269. The Bertz CT molecular complexity index is 986. The lowest BCUT2D eigenvalue weighted by Gasteiger charge is -2.36. The van der Waals surface area contributed by atoms with Gasteiger partial charge in [0.1, 0.15) is 11.2 Å². The lowest BCUT2D eigenvalue weighted by molar-refractivity contribution is -0.124. The molecule has 132 valence electrons. The summed E-state index contributed by atoms with van der Waals surface area (Å²) in [7, 11) is 0. The van der Waals surface area contributed by atoms with Gasteiger partial charge in [-0.3, -0.25) is 9.78 Å². The first kappa shape index (κ1) is 16.8. The van der Waals surface area contributed by atoms with Crippen molar-refractivity contribution >= 4 is 34.0 Å². The fourth-order valence-corrected chi connectivity index (χ4v) is 3.57. The molecule has 0 fully saturated rings. The Balaban J connectivity index is 1.76. The topological polar surface area (TPSA) is 71.5 Å². The third-order valence-electron chi connectivity index (χ3n) is 4.86. The van der Waals surface area contributed by atoms with Gasteiger partial charge in [-0.15, -0.1) is 0 Å². The standard InChI is InChI=1S/C20H17ClN2O3/c21-14-5-6-18-16(9-14)20(12-24,7-8-26-18)19(25)23-17-11-22-10-13-3-1-2-4-15(13)17/h1-6,9-11,24H,7-8,12H2,(H,23,25). The van der Waals surface area contributed by atoms with E-state index in [2.05, 4.69) is 10.3 Å². The van der Waals surface area contributed by atoms with Gasteiger partial charge in [0.05, 0.1) is 25.1 Å². The van der Waals surface area contributed by atoms with Crippen molar-refractivity contribution in [1.82, 2.24) is 4.98 Å². The first-order valence-corrected chi connectivity index (χ1v) is 8.70. The molecule has 1 atom stereocenters. The van der Waals surface area contributed by atoms with Gasteiger partial charge in [-0.05, 0) is 18.2 Å². The van der Waals surface area contributed by atoms with Gasteiger partial charge < -0.3 is 15.2 Å². The number of fused-ring (bicyclic) bond motifs is 2. The number of carbonyl (C=O) groups is 1. The first-order valence-electron chi connectivity index (χ1n) is 8.32. The van der Waals surface area contributed by atoms with Crippen molar-refractivity contribution in [2.24, 2.45) is 0 Å². The Morgan fingerprint density at radius 3 is 2.96 bits per heavy atom. The van der Waals surface area contributed by atoms with Crippen LogP contribution in [0.4, 0.5) is 5.69 Å². The van der Waals surface area contributed by atoms with Crippen LogP contribution in [-0.4, -0.2) is 29.2 Å². The van der Waals surface area contributed by atoms with E-state index in [1.807, 2.05) is 24.3 Å². The maximum Gasteiger partial charge on any atom is 0.237 e. The molecule has 4 rings (SSSR count). The lowest BCUT2D eigenvalue weighted by Crippen LogP contribution is -2.47. The van der Waals surface area contributed by atoms with Gasteiger partial charge in [0.2, 0.25) is 5.91 Å². The maximum atomic E-state index is 13.2. The van der Waals surface area contributed by atoms with Gasteiger partial charge in [-0.1, -0.05) is 35.9 Å². The SMILES string of the molecule is O=C(Nc1cncc2ccccc12)C1(CO)CCOc2ccc(Cl)cc21. The molecule has 1 amide bonds. The minimum absolute atomic E-state index is 0.301. The zero-order valence-electron chi connectivity index (χ0n) is 13.9. The monoisotopic (exact) mass is 368 g/mol. The molecular formula is C20H17ClN2O3. The van der Waals surface area contributed by atoms with E-state index in [0.717, 1.165) is 10.8 Å². The van der Waals surface area contributed by atoms with Crippen LogP contribution in [0.3, 0.4) is 0 Å². The highest BCUT2D eigenvalue weighted by atomic mass is 35.5. The minimum Gasteiger partial charge on any atom is -0.493 e. The summed E-state index contributed by atoms with van der Waals surface area (Å²) in [6.45, 7) is 0.00410. The van der Waals surface area contributed by atoms with Crippen LogP contribution in [0.2, 0.25) is 5.02 Å². The number of pyridine rings is 1. The number of hydrogen-bond acceptors (Lipinski definition) is 4. The summed E-state index contributed by atoms with van der Waals surface area (Å²) in [4.78, 5) is 17.4. The van der Waals surface area contributed by atoms with Crippen LogP contribution in [0.1, 0.15) is 12.0 Å². The quantitative estimate of drug-likeness (QED) is 0.741. The fraction of sp³-hybridized carbons (Fsp3) is 0.200. The van der Waals surface area contributed by atoms with E-state index in [-0.39, 0.29) is 12.5 Å². The maximum absolute atomic E-state index is 13.2. The summed E-state index contributed by atoms with van der Waals surface area (Å²) in [6, 6.07) is 12.8. The Labute approximate surface area is 155 Å². The highest BCUT2D eigenvalue weighted by Gasteiger charge is 2.44. The molecule has 26 heavy (non-hydrogen) atoms. The number of amides is 1. The van der Waals surface area contributed by atoms with Crippen LogP contribution in [0.25, 0.3) is 10.8 Å². The molecule has 0 saturated heterocycles. The Hall–Kier alpha value is -2.63. The largest absolute Gasteiger partial charge is 0.493 e. The number of aliphatic hydroxyl groups is 1. The van der Waals surface area contributed by atoms with E-state index >= 15 is 0 Å². The molecule has 0 aliphatic carbocycles. The smallest absolute Gasteiger partial charge is 0.237 e. The van der Waals surface area contributed by atoms with Crippen molar-refractivity contribution in [2.45, 2.75) is 11.8 Å². The van der Waals surface area contributed by atoms with Crippen LogP contribution >= 0.6 is 11.6 Å². The Morgan fingerprint density at radius 1 is 1.27 bits per heavy atom. The zero-order valence-corrected chi connectivity index (χ0v) is 14.7. The number of nitrogens with one attached hydrogen (secondary N) is 1. The third-order valence-corrected chi connectivity index (χ3v) is 5.10. The number of aromatic nitrogens is 1. The highest BCUT2D eigenvalue weighted by Crippen LogP contribution is 2.41. The molecule has 1 aliphatic rings. The van der Waals surface area contributed by atoms with E-state index in [0.29, 0.717) is 35.1 Å². The highest BCUT2D eigenvalue weighted by molar-refractivity contribution is 6.30. The van der Waals surface area contributed by atoms with Crippen LogP contribution in [-0.2, 0) is 10.2 Å². The molecule has 1 aromatic heterocycles. The molecule has 6 heteroatoms. The molecule has 1 unspecified atom stereocenters. The Morgan fingerprint density at radius 2 is 2.12 bits per heavy atom. The number of ether oxygens (including phenoxy) is 1. The van der Waals surface area contributed by atoms with E-state index in [9.17, 15) is 9.90 Å². The number of carbonyl (C=O) groups excluding carboxylic acids is 1. The average molecular weight is 369 g/mol. The van der Waals surface area contributed by atoms with Crippen molar-refractivity contribution < 1.29 is 14.6 Å². The van der Waals surface area contributed by atoms with Crippen LogP contribution in [0.15, 0.2) is 54.9 Å². The number of anilines is 1. The molecule has 0 radical (unpaired) electrons. The molecule has 2 N–H and O–H groups in total. The number of rotatable bonds is 3. The van der Waals surface area contributed by atoms with Gasteiger partial charge >= 0.3 is 0 Å². The van der Waals surface area contributed by atoms with E-state index < -0.39 is 5.41 Å². The first-order chi connectivity index (χ1) is 12.6. The zero-order chi connectivity index (χ0) is 18.1. The van der Waals surface area contributed by atoms with Crippen LogP contribution < -0.4 is 10.1 Å². The normalized spacial score (nSPS) is 18.8. The molecule has 3 aromatic rings. The van der Waals surface area contributed by atoms with Crippen molar-refractivity contribution in [3.63, 3.8) is 0 Å². The van der Waals surface area contributed by atoms with Crippen LogP contribution in [0.5, 0.6) is 5.75 Å². The Kier molecular flexibility index (Phi) is 4.26. The summed E-state index contributed by atoms with van der Waals surface area (Å²) in [5.41, 5.74) is 0.0931. The van der Waals surface area contributed by atoms with Crippen molar-refractivity contribution in [2.75, 3.05) is 18.5 Å². The van der Waals surface area contributed by atoms with Gasteiger partial charge in [0.15, 0.2) is 0 Å². The van der Waals surface area contributed by atoms with Gasteiger partial charge in [0, 0.05) is 34.0 Å². The van der Waals surface area contributed by atoms with E-state index in [1.165, 1.54) is 0 Å². The van der Waals surface area contributed by atoms with Crippen molar-refractivity contribution in [1.29, 1.82) is 0 Å². The number of aliphatic hydroxyl groups excluding tert-OH is 1. The van der Waals surface area contributed by atoms with Gasteiger partial charge in [0.25, 0.3) is 0 Å². The van der Waals surface area contributed by atoms with Gasteiger partial charge in [-0.25, -0.2) is 0 Å². The third kappa shape index (κ3) is 2.69. The molecule has 0 bridgehead atoms. The number of halogens is 1. The van der Waals surface area contributed by atoms with Crippen molar-refractivity contribution in [3.05, 3.63) is 65.4 Å². The predicted octanol–water partition coefficient (Wildman–Crippen LogP) is 3.54. The fourth-order valence-electron chi connectivity index (χ4n) is 3.40. The number of benzene rings is 2. The summed E-state index contributed by atoms with van der Waals surface area (Å²) >= 11 is 6.13. The summed E-state index contributed by atoms with van der Waals surface area (Å²) in [5, 5.41) is 15.4. The molecule has 2 aromatic carbocycles. The second-order valence-electron chi connectivity index (χ2n) is 6.34. The minimum atomic E-state index is -1.12. The number of hydrogen-bond donors (Lipinski definition) is 2. The van der Waals surface area contributed by atoms with E-state index in [4.69, 9.17) is 16.3 Å². The summed E-state index contributed by atoms with van der Waals surface area (Å²) < 4.78 is 5.64. The predicted molar refractivity (Wildman–Crippen MR) is 101 cm³/mol. The molecular weight excluding hydrogens is 352 g/mol. The molecule has 2 heterocycles. The molecule has 1 aliphatic heterocycles. The summed E-state index contributed by atoms with van der Waals surface area (Å²) in [6.07, 6.45) is 3.72. The average Bonchev–Trinajstić information content (AvgIpc) is 2.67. The van der Waals surface area contributed by atoms with E-state index in [1.54, 1.807) is 30.6 Å². The van der Waals surface area contributed by atoms with Crippen LogP contribution in [0, 0.1) is 0 Å². The second kappa shape index (κ2) is 6.59. The molecule has 0 spiro atoms. The molecule has 5 nitrogen and oxygen atoms in total. The molecule has 0 saturated carbocycles. The lowest BCUT2D eigenvalue weighted by atomic mass is 9.75. The van der Waals surface area contributed by atoms with Crippen molar-refractivity contribution in [3.8, 4) is 5.75 Å².